The number of benzene rings is 2. The van der Waals surface area contributed by atoms with Crippen LogP contribution in [0.25, 0.3) is 11.1 Å². The SMILES string of the molecule is O=S(=O)(NCCCc1nc2ccccc2o1)NCc1ccccc1. The first-order valence-corrected chi connectivity index (χ1v) is 9.23. The zero-order chi connectivity index (χ0) is 16.8. The highest BCUT2D eigenvalue weighted by molar-refractivity contribution is 7.87. The van der Waals surface area contributed by atoms with E-state index >= 15 is 0 Å². The summed E-state index contributed by atoms with van der Waals surface area (Å²) in [5.41, 5.74) is 2.48. The molecule has 3 rings (SSSR count). The van der Waals surface area contributed by atoms with Gasteiger partial charge in [0.15, 0.2) is 11.5 Å². The zero-order valence-electron chi connectivity index (χ0n) is 13.1. The summed E-state index contributed by atoms with van der Waals surface area (Å²) in [6.45, 7) is 0.587. The van der Waals surface area contributed by atoms with Crippen molar-refractivity contribution in [1.82, 2.24) is 14.4 Å². The van der Waals surface area contributed by atoms with Crippen molar-refractivity contribution >= 4 is 21.3 Å². The minimum absolute atomic E-state index is 0.265. The van der Waals surface area contributed by atoms with Crippen LogP contribution < -0.4 is 9.44 Å². The summed E-state index contributed by atoms with van der Waals surface area (Å²) in [4.78, 5) is 4.36. The van der Waals surface area contributed by atoms with Gasteiger partial charge in [-0.15, -0.1) is 0 Å². The first-order chi connectivity index (χ1) is 11.6. The lowest BCUT2D eigenvalue weighted by atomic mass is 10.2. The van der Waals surface area contributed by atoms with Crippen LogP contribution in [-0.4, -0.2) is 19.9 Å². The van der Waals surface area contributed by atoms with Crippen LogP contribution in [0, 0.1) is 0 Å². The van der Waals surface area contributed by atoms with Gasteiger partial charge < -0.3 is 4.42 Å². The molecule has 0 saturated carbocycles. The fourth-order valence-electron chi connectivity index (χ4n) is 2.30. The first kappa shape index (κ1) is 16.6. The lowest BCUT2D eigenvalue weighted by molar-refractivity contribution is 0.514. The second-order valence-electron chi connectivity index (χ2n) is 5.38. The van der Waals surface area contributed by atoms with Crippen LogP contribution in [-0.2, 0) is 23.2 Å². The van der Waals surface area contributed by atoms with Crippen LogP contribution in [0.3, 0.4) is 0 Å². The van der Waals surface area contributed by atoms with Gasteiger partial charge in [-0.2, -0.15) is 13.1 Å². The van der Waals surface area contributed by atoms with E-state index in [-0.39, 0.29) is 6.54 Å². The molecule has 0 aliphatic carbocycles. The summed E-state index contributed by atoms with van der Waals surface area (Å²) < 4.78 is 34.4. The Hall–Kier alpha value is -2.22. The normalized spacial score (nSPS) is 11.8. The molecule has 6 nitrogen and oxygen atoms in total. The molecule has 24 heavy (non-hydrogen) atoms. The molecule has 0 fully saturated rings. The Morgan fingerprint density at radius 1 is 0.958 bits per heavy atom. The molecule has 0 unspecified atom stereocenters. The Morgan fingerprint density at radius 2 is 1.71 bits per heavy atom. The molecular weight excluding hydrogens is 326 g/mol. The predicted molar refractivity (Wildman–Crippen MR) is 92.5 cm³/mol. The highest BCUT2D eigenvalue weighted by Crippen LogP contribution is 2.15. The van der Waals surface area contributed by atoms with Crippen molar-refractivity contribution in [1.29, 1.82) is 0 Å². The van der Waals surface area contributed by atoms with E-state index in [0.29, 0.717) is 25.3 Å². The number of nitrogens with zero attached hydrogens (tertiary/aromatic N) is 1. The van der Waals surface area contributed by atoms with Gasteiger partial charge in [-0.3, -0.25) is 0 Å². The van der Waals surface area contributed by atoms with Crippen molar-refractivity contribution in [3.05, 3.63) is 66.1 Å². The van der Waals surface area contributed by atoms with E-state index in [1.165, 1.54) is 0 Å². The Labute approximate surface area is 141 Å². The van der Waals surface area contributed by atoms with E-state index in [2.05, 4.69) is 14.4 Å². The van der Waals surface area contributed by atoms with Crippen molar-refractivity contribution in [2.24, 2.45) is 0 Å². The molecular formula is C17H19N3O3S. The maximum atomic E-state index is 11.9. The Morgan fingerprint density at radius 3 is 2.50 bits per heavy atom. The molecule has 126 valence electrons. The van der Waals surface area contributed by atoms with E-state index in [4.69, 9.17) is 4.42 Å². The molecule has 0 radical (unpaired) electrons. The summed E-state index contributed by atoms with van der Waals surface area (Å²) in [6, 6.07) is 16.9. The summed E-state index contributed by atoms with van der Waals surface area (Å²) in [6.07, 6.45) is 1.19. The van der Waals surface area contributed by atoms with Gasteiger partial charge in [-0.1, -0.05) is 42.5 Å². The van der Waals surface area contributed by atoms with Crippen molar-refractivity contribution in [3.8, 4) is 0 Å². The monoisotopic (exact) mass is 345 g/mol. The molecule has 0 saturated heterocycles. The lowest BCUT2D eigenvalue weighted by Crippen LogP contribution is -2.36. The molecule has 0 amide bonds. The second kappa shape index (κ2) is 7.57. The number of nitrogens with one attached hydrogen (secondary N) is 2. The zero-order valence-corrected chi connectivity index (χ0v) is 13.9. The van der Waals surface area contributed by atoms with Gasteiger partial charge in [-0.25, -0.2) is 9.71 Å². The minimum Gasteiger partial charge on any atom is -0.441 e. The molecule has 0 aliphatic rings. The summed E-state index contributed by atoms with van der Waals surface area (Å²) >= 11 is 0. The third-order valence-electron chi connectivity index (χ3n) is 3.51. The number of aryl methyl sites for hydroxylation is 1. The number of para-hydroxylation sites is 2. The van der Waals surface area contributed by atoms with E-state index in [1.807, 2.05) is 54.6 Å². The molecule has 1 aromatic heterocycles. The average Bonchev–Trinajstić information content (AvgIpc) is 3.01. The van der Waals surface area contributed by atoms with Gasteiger partial charge >= 0.3 is 0 Å². The van der Waals surface area contributed by atoms with Crippen LogP contribution >= 0.6 is 0 Å². The van der Waals surface area contributed by atoms with Crippen LogP contribution in [0.2, 0.25) is 0 Å². The van der Waals surface area contributed by atoms with Crippen molar-refractivity contribution in [2.75, 3.05) is 6.54 Å². The largest absolute Gasteiger partial charge is 0.441 e. The van der Waals surface area contributed by atoms with Gasteiger partial charge in [0.2, 0.25) is 0 Å². The summed E-state index contributed by atoms with van der Waals surface area (Å²) in [5, 5.41) is 0. The third kappa shape index (κ3) is 4.64. The Bertz CT molecular complexity index is 859. The van der Waals surface area contributed by atoms with E-state index in [9.17, 15) is 8.42 Å². The quantitative estimate of drug-likeness (QED) is 0.614. The fraction of sp³-hybridized carbons (Fsp3) is 0.235. The summed E-state index contributed by atoms with van der Waals surface area (Å²) in [5.74, 6) is 0.618. The molecule has 2 N–H and O–H groups in total. The van der Waals surface area contributed by atoms with Crippen molar-refractivity contribution < 1.29 is 12.8 Å². The molecule has 2 aromatic carbocycles. The van der Waals surface area contributed by atoms with Crippen LogP contribution in [0.5, 0.6) is 0 Å². The molecule has 3 aromatic rings. The highest BCUT2D eigenvalue weighted by Gasteiger charge is 2.09. The molecule has 0 aliphatic heterocycles. The molecule has 0 atom stereocenters. The number of hydrogen-bond donors (Lipinski definition) is 2. The van der Waals surface area contributed by atoms with Crippen LogP contribution in [0.15, 0.2) is 59.0 Å². The Kier molecular flexibility index (Phi) is 5.24. The molecule has 1 heterocycles. The lowest BCUT2D eigenvalue weighted by Gasteiger charge is -2.07. The van der Waals surface area contributed by atoms with Gasteiger partial charge in [0.05, 0.1) is 0 Å². The molecule has 7 heteroatoms. The van der Waals surface area contributed by atoms with Gasteiger partial charge in [0.25, 0.3) is 10.2 Å². The summed E-state index contributed by atoms with van der Waals surface area (Å²) in [7, 11) is -3.51. The van der Waals surface area contributed by atoms with Crippen molar-refractivity contribution in [2.45, 2.75) is 19.4 Å². The topological polar surface area (TPSA) is 84.2 Å². The molecule has 0 spiro atoms. The van der Waals surface area contributed by atoms with Crippen LogP contribution in [0.1, 0.15) is 17.9 Å². The number of aromatic nitrogens is 1. The van der Waals surface area contributed by atoms with Gasteiger partial charge in [0, 0.05) is 19.5 Å². The number of hydrogen-bond acceptors (Lipinski definition) is 4. The molecule has 0 bridgehead atoms. The minimum atomic E-state index is -3.51. The number of fused-ring (bicyclic) bond motifs is 1. The van der Waals surface area contributed by atoms with E-state index < -0.39 is 10.2 Å². The maximum Gasteiger partial charge on any atom is 0.277 e. The van der Waals surface area contributed by atoms with Gasteiger partial charge in [-0.05, 0) is 24.1 Å². The van der Waals surface area contributed by atoms with Crippen molar-refractivity contribution in [3.63, 3.8) is 0 Å². The fourth-order valence-corrected chi connectivity index (χ4v) is 3.17. The average molecular weight is 345 g/mol. The smallest absolute Gasteiger partial charge is 0.277 e. The second-order valence-corrected chi connectivity index (χ2v) is 6.97. The number of oxazole rings is 1. The van der Waals surface area contributed by atoms with E-state index in [0.717, 1.165) is 16.7 Å². The standard InChI is InChI=1S/C17H19N3O3S/c21-24(22,19-13-14-7-2-1-3-8-14)18-12-6-11-17-20-15-9-4-5-10-16(15)23-17/h1-5,7-10,18-19H,6,11-13H2. The third-order valence-corrected chi connectivity index (χ3v) is 4.62. The van der Waals surface area contributed by atoms with Crippen LogP contribution in [0.4, 0.5) is 0 Å². The highest BCUT2D eigenvalue weighted by atomic mass is 32.2. The maximum absolute atomic E-state index is 11.9. The van der Waals surface area contributed by atoms with E-state index in [1.54, 1.807) is 0 Å². The first-order valence-electron chi connectivity index (χ1n) is 7.75. The predicted octanol–water partition coefficient (Wildman–Crippen LogP) is 2.38. The number of rotatable bonds is 8. The van der Waals surface area contributed by atoms with Gasteiger partial charge in [0.1, 0.15) is 5.52 Å². The Balaban J connectivity index is 1.43.